The molecule has 3 aliphatic heterocycles. The molecule has 5 nitrogen and oxygen atoms in total. The van der Waals surface area contributed by atoms with Crippen LogP contribution in [0.15, 0.2) is 42.5 Å². The Kier molecular flexibility index (Phi) is 4.01. The summed E-state index contributed by atoms with van der Waals surface area (Å²) >= 11 is 0. The number of benzene rings is 2. The fourth-order valence-electron chi connectivity index (χ4n) is 5.53. The molecule has 152 valence electrons. The molecule has 5 rings (SSSR count). The van der Waals surface area contributed by atoms with E-state index in [1.807, 2.05) is 68.2 Å². The molecule has 2 amide bonds. The Morgan fingerprint density at radius 2 is 1.60 bits per heavy atom. The second-order valence-corrected chi connectivity index (χ2v) is 8.68. The number of aryl methyl sites for hydroxylation is 3. The predicted octanol–water partition coefficient (Wildman–Crippen LogP) is 3.59. The Hall–Kier alpha value is -3.21. The molecule has 5 heteroatoms. The lowest BCUT2D eigenvalue weighted by Crippen LogP contribution is -2.48. The summed E-state index contributed by atoms with van der Waals surface area (Å²) in [5.41, 5.74) is 5.49. The first-order valence-corrected chi connectivity index (χ1v) is 10.3. The second kappa shape index (κ2) is 6.39. The molecule has 0 spiro atoms. The highest BCUT2D eigenvalue weighted by atomic mass is 16.2. The summed E-state index contributed by atoms with van der Waals surface area (Å²) in [6, 6.07) is 10.9. The van der Waals surface area contributed by atoms with E-state index in [1.54, 1.807) is 0 Å². The average Bonchev–Trinajstić information content (AvgIpc) is 3.16. The van der Waals surface area contributed by atoms with Crippen molar-refractivity contribution < 1.29 is 14.4 Å². The van der Waals surface area contributed by atoms with Crippen LogP contribution in [0, 0.1) is 32.6 Å². The van der Waals surface area contributed by atoms with Crippen LogP contribution in [0.5, 0.6) is 0 Å². The summed E-state index contributed by atoms with van der Waals surface area (Å²) in [5.74, 6) is -1.79. The van der Waals surface area contributed by atoms with Gasteiger partial charge >= 0.3 is 0 Å². The van der Waals surface area contributed by atoms with Gasteiger partial charge in [-0.3, -0.25) is 14.4 Å². The fraction of sp³-hybridized carbons (Fsp3) is 0.320. The summed E-state index contributed by atoms with van der Waals surface area (Å²) in [5, 5.41) is 0. The predicted molar refractivity (Wildman–Crippen MR) is 116 cm³/mol. The molecule has 2 fully saturated rings. The van der Waals surface area contributed by atoms with Crippen LogP contribution in [0.4, 0.5) is 11.4 Å². The molecule has 0 N–H and O–H groups in total. The Bertz CT molecular complexity index is 1130. The summed E-state index contributed by atoms with van der Waals surface area (Å²) in [7, 11) is 0. The van der Waals surface area contributed by atoms with Gasteiger partial charge in [-0.25, -0.2) is 4.90 Å². The Labute approximate surface area is 176 Å². The Balaban J connectivity index is 1.65. The molecule has 0 bridgehead atoms. The van der Waals surface area contributed by atoms with Crippen molar-refractivity contribution in [3.8, 4) is 0 Å². The van der Waals surface area contributed by atoms with Gasteiger partial charge in [0.2, 0.25) is 11.8 Å². The first kappa shape index (κ1) is 18.8. The number of imide groups is 1. The van der Waals surface area contributed by atoms with Gasteiger partial charge in [-0.2, -0.15) is 0 Å². The normalized spacial score (nSPS) is 26.7. The maximum absolute atomic E-state index is 13.6. The van der Waals surface area contributed by atoms with Gasteiger partial charge in [0.25, 0.3) is 0 Å². The number of para-hydroxylation sites is 1. The summed E-state index contributed by atoms with van der Waals surface area (Å²) in [4.78, 5) is 43.4. The molecule has 2 aromatic rings. The number of ketones is 1. The second-order valence-electron chi connectivity index (χ2n) is 8.68. The minimum absolute atomic E-state index is 0.0844. The monoisotopic (exact) mass is 400 g/mol. The minimum atomic E-state index is -0.670. The molecule has 0 aromatic heterocycles. The molecule has 0 saturated carbocycles. The van der Waals surface area contributed by atoms with Gasteiger partial charge in [0.05, 0.1) is 23.6 Å². The maximum Gasteiger partial charge on any atom is 0.240 e. The van der Waals surface area contributed by atoms with E-state index in [0.717, 1.165) is 27.9 Å². The molecular formula is C25H24N2O3. The van der Waals surface area contributed by atoms with Crippen LogP contribution in [-0.2, 0) is 14.4 Å². The van der Waals surface area contributed by atoms with E-state index >= 15 is 0 Å². The molecule has 4 atom stereocenters. The van der Waals surface area contributed by atoms with Crippen LogP contribution in [0.1, 0.15) is 29.2 Å². The van der Waals surface area contributed by atoms with Crippen molar-refractivity contribution in [3.05, 3.63) is 64.7 Å². The van der Waals surface area contributed by atoms with Crippen LogP contribution < -0.4 is 9.80 Å². The summed E-state index contributed by atoms with van der Waals surface area (Å²) < 4.78 is 0. The third-order valence-electron chi connectivity index (χ3n) is 6.74. The number of carbonyl (C=O) groups excluding carboxylic acids is 3. The Morgan fingerprint density at radius 3 is 2.27 bits per heavy atom. The largest absolute Gasteiger partial charge is 0.353 e. The highest BCUT2D eigenvalue weighted by molar-refractivity contribution is 6.25. The van der Waals surface area contributed by atoms with E-state index in [-0.39, 0.29) is 23.6 Å². The van der Waals surface area contributed by atoms with E-state index in [1.165, 1.54) is 11.8 Å². The van der Waals surface area contributed by atoms with E-state index in [9.17, 15) is 14.4 Å². The van der Waals surface area contributed by atoms with Crippen molar-refractivity contribution in [2.45, 2.75) is 39.8 Å². The van der Waals surface area contributed by atoms with Crippen molar-refractivity contribution in [2.75, 3.05) is 9.80 Å². The van der Waals surface area contributed by atoms with Gasteiger partial charge in [-0.1, -0.05) is 42.0 Å². The number of hydrogen-bond acceptors (Lipinski definition) is 4. The van der Waals surface area contributed by atoms with E-state index in [4.69, 9.17) is 0 Å². The van der Waals surface area contributed by atoms with Gasteiger partial charge in [-0.15, -0.1) is 0 Å². The van der Waals surface area contributed by atoms with E-state index < -0.39 is 17.9 Å². The summed E-state index contributed by atoms with van der Waals surface area (Å²) in [6.45, 7) is 7.36. The first-order valence-electron chi connectivity index (χ1n) is 10.3. The van der Waals surface area contributed by atoms with Crippen molar-refractivity contribution in [1.82, 2.24) is 0 Å². The zero-order valence-electron chi connectivity index (χ0n) is 17.5. The number of amides is 2. The topological polar surface area (TPSA) is 57.7 Å². The van der Waals surface area contributed by atoms with Gasteiger partial charge in [0.1, 0.15) is 6.04 Å². The Morgan fingerprint density at radius 1 is 0.933 bits per heavy atom. The van der Waals surface area contributed by atoms with E-state index in [2.05, 4.69) is 6.07 Å². The average molecular weight is 400 g/mol. The van der Waals surface area contributed by atoms with Crippen molar-refractivity contribution in [3.63, 3.8) is 0 Å². The van der Waals surface area contributed by atoms with Gasteiger partial charge in [0.15, 0.2) is 5.78 Å². The molecule has 2 aromatic carbocycles. The van der Waals surface area contributed by atoms with Gasteiger partial charge in [-0.05, 0) is 56.5 Å². The maximum atomic E-state index is 13.6. The SMILES string of the molecule is CC(=O)[C@@H]1[C@@H]2C(=O)N(c3c(C)cccc3C)C(=O)[C@@H]2[C@@H]2C=Cc3cc(C)ccc3N12. The number of nitrogens with zero attached hydrogens (tertiary/aromatic N) is 2. The van der Waals surface area contributed by atoms with Crippen LogP contribution in [0.3, 0.4) is 0 Å². The minimum Gasteiger partial charge on any atom is -0.353 e. The lowest BCUT2D eigenvalue weighted by Gasteiger charge is -2.36. The molecule has 30 heavy (non-hydrogen) atoms. The third-order valence-corrected chi connectivity index (χ3v) is 6.74. The quantitative estimate of drug-likeness (QED) is 0.723. The van der Waals surface area contributed by atoms with Crippen molar-refractivity contribution in [1.29, 1.82) is 0 Å². The van der Waals surface area contributed by atoms with Gasteiger partial charge < -0.3 is 4.90 Å². The molecule has 3 aliphatic rings. The zero-order valence-corrected chi connectivity index (χ0v) is 17.5. The third kappa shape index (κ3) is 2.38. The fourth-order valence-corrected chi connectivity index (χ4v) is 5.53. The van der Waals surface area contributed by atoms with Crippen LogP contribution in [0.2, 0.25) is 0 Å². The lowest BCUT2D eigenvalue weighted by atomic mass is 9.88. The zero-order chi connectivity index (χ0) is 21.3. The highest BCUT2D eigenvalue weighted by Gasteiger charge is 2.63. The van der Waals surface area contributed by atoms with Crippen molar-refractivity contribution in [2.24, 2.45) is 11.8 Å². The van der Waals surface area contributed by atoms with Crippen LogP contribution in [-0.4, -0.2) is 29.7 Å². The molecule has 0 unspecified atom stereocenters. The number of hydrogen-bond donors (Lipinski definition) is 0. The first-order chi connectivity index (χ1) is 14.3. The number of Topliss-reactive ketones (excluding diaryl/α,β-unsaturated/α-hetero) is 1. The smallest absolute Gasteiger partial charge is 0.240 e. The molecular weight excluding hydrogens is 376 g/mol. The summed E-state index contributed by atoms with van der Waals surface area (Å²) in [6.07, 6.45) is 4.00. The highest BCUT2D eigenvalue weighted by Crippen LogP contribution is 2.50. The number of anilines is 2. The van der Waals surface area contributed by atoms with Crippen molar-refractivity contribution >= 4 is 35.0 Å². The van der Waals surface area contributed by atoms with E-state index in [0.29, 0.717) is 5.69 Å². The molecule has 0 radical (unpaired) electrons. The molecule has 0 aliphatic carbocycles. The number of fused-ring (bicyclic) bond motifs is 5. The number of rotatable bonds is 2. The van der Waals surface area contributed by atoms with Crippen LogP contribution >= 0.6 is 0 Å². The molecule has 3 heterocycles. The standard InChI is InChI=1S/C25H24N2O3/c1-13-8-10-18-17(12-13)9-11-19-20-21(23(16(4)28)26(18)19)25(30)27(24(20)29)22-14(2)6-5-7-15(22)3/h5-12,19-21,23H,1-4H3/t19-,20+,21+,23+/m0/s1. The molecule has 2 saturated heterocycles. The van der Waals surface area contributed by atoms with Crippen LogP contribution in [0.25, 0.3) is 6.08 Å². The number of carbonyl (C=O) groups is 3. The van der Waals surface area contributed by atoms with Gasteiger partial charge in [0, 0.05) is 5.69 Å². The lowest BCUT2D eigenvalue weighted by molar-refractivity contribution is -0.126.